The van der Waals surface area contributed by atoms with Gasteiger partial charge in [0.05, 0.1) is 12.8 Å². The molecule has 0 aliphatic heterocycles. The summed E-state index contributed by atoms with van der Waals surface area (Å²) in [6, 6.07) is 5.69. The molecule has 16 heavy (non-hydrogen) atoms. The summed E-state index contributed by atoms with van der Waals surface area (Å²) in [6.07, 6.45) is 1.51. The van der Waals surface area contributed by atoms with E-state index in [0.29, 0.717) is 18.7 Å². The van der Waals surface area contributed by atoms with Crippen LogP contribution in [-0.2, 0) is 6.42 Å². The number of H-pyrrole nitrogens is 1. The number of aldehydes is 1. The highest BCUT2D eigenvalue weighted by Gasteiger charge is 2.10. The fraction of sp³-hybridized carbons (Fsp3) is 0.250. The zero-order chi connectivity index (χ0) is 11.5. The van der Waals surface area contributed by atoms with Crippen LogP contribution in [0.5, 0.6) is 5.75 Å². The van der Waals surface area contributed by atoms with Crippen LogP contribution in [0.3, 0.4) is 0 Å². The second-order valence-corrected chi connectivity index (χ2v) is 3.59. The first kappa shape index (κ1) is 10.7. The molecule has 0 amide bonds. The van der Waals surface area contributed by atoms with Gasteiger partial charge in [0, 0.05) is 10.9 Å². The summed E-state index contributed by atoms with van der Waals surface area (Å²) < 4.78 is 5.16. The van der Waals surface area contributed by atoms with Gasteiger partial charge >= 0.3 is 0 Å². The van der Waals surface area contributed by atoms with Crippen LogP contribution >= 0.6 is 0 Å². The van der Waals surface area contributed by atoms with Crippen LogP contribution in [0.1, 0.15) is 16.1 Å². The molecule has 0 radical (unpaired) electrons. The predicted octanol–water partition coefficient (Wildman–Crippen LogP) is 1.49. The highest BCUT2D eigenvalue weighted by Crippen LogP contribution is 2.26. The Hall–Kier alpha value is -1.81. The van der Waals surface area contributed by atoms with Gasteiger partial charge in [0.25, 0.3) is 0 Å². The zero-order valence-corrected chi connectivity index (χ0v) is 9.12. The van der Waals surface area contributed by atoms with Crippen molar-refractivity contribution in [2.24, 2.45) is 5.73 Å². The molecule has 4 heteroatoms. The highest BCUT2D eigenvalue weighted by molar-refractivity contribution is 5.93. The second-order valence-electron chi connectivity index (χ2n) is 3.59. The molecular formula is C12H14N2O2. The molecule has 1 aromatic heterocycles. The summed E-state index contributed by atoms with van der Waals surface area (Å²) in [6.45, 7) is 0.519. The van der Waals surface area contributed by atoms with Gasteiger partial charge in [0.15, 0.2) is 6.29 Å². The van der Waals surface area contributed by atoms with Gasteiger partial charge in [-0.1, -0.05) is 0 Å². The summed E-state index contributed by atoms with van der Waals surface area (Å²) in [5, 5.41) is 1.01. The zero-order valence-electron chi connectivity index (χ0n) is 9.12. The smallest absolute Gasteiger partial charge is 0.166 e. The number of nitrogens with one attached hydrogen (secondary N) is 1. The van der Waals surface area contributed by atoms with E-state index < -0.39 is 0 Å². The first-order valence-corrected chi connectivity index (χ1v) is 5.14. The van der Waals surface area contributed by atoms with Crippen LogP contribution in [0, 0.1) is 0 Å². The summed E-state index contributed by atoms with van der Waals surface area (Å²) in [7, 11) is 1.62. The Labute approximate surface area is 93.4 Å². The quantitative estimate of drug-likeness (QED) is 0.764. The molecule has 1 aromatic carbocycles. The number of methoxy groups -OCH3 is 1. The van der Waals surface area contributed by atoms with Crippen molar-refractivity contribution in [3.8, 4) is 5.75 Å². The SMILES string of the molecule is COc1ccc2[nH]c(C=O)c(CCN)c2c1. The van der Waals surface area contributed by atoms with Crippen molar-refractivity contribution in [1.29, 1.82) is 0 Å². The number of carbonyl (C=O) groups is 1. The number of aromatic nitrogens is 1. The minimum absolute atomic E-state index is 0.519. The molecule has 3 N–H and O–H groups in total. The average molecular weight is 218 g/mol. The third-order valence-corrected chi connectivity index (χ3v) is 2.66. The molecule has 0 aliphatic carbocycles. The van der Waals surface area contributed by atoms with Crippen molar-refractivity contribution in [3.05, 3.63) is 29.5 Å². The Kier molecular flexibility index (Phi) is 2.92. The van der Waals surface area contributed by atoms with E-state index in [1.54, 1.807) is 7.11 Å². The predicted molar refractivity (Wildman–Crippen MR) is 63.0 cm³/mol. The number of nitrogens with two attached hydrogens (primary N) is 1. The Balaban J connectivity index is 2.65. The van der Waals surface area contributed by atoms with E-state index in [9.17, 15) is 4.79 Å². The minimum atomic E-state index is 0.519. The van der Waals surface area contributed by atoms with Crippen molar-refractivity contribution in [1.82, 2.24) is 4.98 Å². The average Bonchev–Trinajstić information content (AvgIpc) is 2.67. The molecule has 0 aliphatic rings. The lowest BCUT2D eigenvalue weighted by Gasteiger charge is -2.01. The summed E-state index contributed by atoms with van der Waals surface area (Å²) in [5.74, 6) is 0.780. The number of fused-ring (bicyclic) bond motifs is 1. The number of rotatable bonds is 4. The molecule has 2 rings (SSSR count). The lowest BCUT2D eigenvalue weighted by molar-refractivity contribution is 0.111. The Morgan fingerprint density at radius 3 is 2.94 bits per heavy atom. The van der Waals surface area contributed by atoms with Gasteiger partial charge in [-0.25, -0.2) is 0 Å². The molecule has 0 spiro atoms. The lowest BCUT2D eigenvalue weighted by atomic mass is 10.1. The van der Waals surface area contributed by atoms with Gasteiger partial charge in [0.2, 0.25) is 0 Å². The Morgan fingerprint density at radius 2 is 2.31 bits per heavy atom. The molecule has 0 saturated carbocycles. The van der Waals surface area contributed by atoms with Gasteiger partial charge in [0.1, 0.15) is 5.75 Å². The first-order valence-electron chi connectivity index (χ1n) is 5.14. The molecule has 0 unspecified atom stereocenters. The van der Waals surface area contributed by atoms with Crippen molar-refractivity contribution in [2.45, 2.75) is 6.42 Å². The molecule has 1 heterocycles. The van der Waals surface area contributed by atoms with Gasteiger partial charge in [-0.3, -0.25) is 4.79 Å². The first-order chi connectivity index (χ1) is 7.80. The van der Waals surface area contributed by atoms with E-state index in [-0.39, 0.29) is 0 Å². The van der Waals surface area contributed by atoms with Crippen LogP contribution in [0.15, 0.2) is 18.2 Å². The second kappa shape index (κ2) is 4.37. The summed E-state index contributed by atoms with van der Waals surface area (Å²) in [4.78, 5) is 14.0. The molecule has 4 nitrogen and oxygen atoms in total. The van der Waals surface area contributed by atoms with E-state index in [4.69, 9.17) is 10.5 Å². The summed E-state index contributed by atoms with van der Waals surface area (Å²) in [5.41, 5.74) is 8.05. The summed E-state index contributed by atoms with van der Waals surface area (Å²) >= 11 is 0. The van der Waals surface area contributed by atoms with Crippen molar-refractivity contribution in [3.63, 3.8) is 0 Å². The highest BCUT2D eigenvalue weighted by atomic mass is 16.5. The van der Waals surface area contributed by atoms with Gasteiger partial charge in [-0.05, 0) is 36.7 Å². The van der Waals surface area contributed by atoms with Crippen LogP contribution in [0.4, 0.5) is 0 Å². The fourth-order valence-electron chi connectivity index (χ4n) is 1.89. The number of carbonyl (C=O) groups excluding carboxylic acids is 1. The van der Waals surface area contributed by atoms with E-state index in [1.165, 1.54) is 0 Å². The number of aromatic amines is 1. The third-order valence-electron chi connectivity index (χ3n) is 2.66. The molecule has 84 valence electrons. The van der Waals surface area contributed by atoms with E-state index in [1.807, 2.05) is 18.2 Å². The fourth-order valence-corrected chi connectivity index (χ4v) is 1.89. The van der Waals surface area contributed by atoms with Gasteiger partial charge in [-0.2, -0.15) is 0 Å². The lowest BCUT2D eigenvalue weighted by Crippen LogP contribution is -2.04. The number of ether oxygens (including phenoxy) is 1. The van der Waals surface area contributed by atoms with Gasteiger partial charge in [-0.15, -0.1) is 0 Å². The normalized spacial score (nSPS) is 10.6. The Bertz CT molecular complexity index is 517. The largest absolute Gasteiger partial charge is 0.497 e. The minimum Gasteiger partial charge on any atom is -0.497 e. The maximum atomic E-state index is 10.9. The van der Waals surface area contributed by atoms with E-state index in [0.717, 1.165) is 28.5 Å². The van der Waals surface area contributed by atoms with Crippen molar-refractivity contribution >= 4 is 17.2 Å². The number of hydrogen-bond acceptors (Lipinski definition) is 3. The molecule has 0 atom stereocenters. The standard InChI is InChI=1S/C12H14N2O2/c1-16-8-2-3-11-10(6-8)9(4-5-13)12(7-15)14-11/h2-3,6-7,14H,4-5,13H2,1H3. The topological polar surface area (TPSA) is 68.1 Å². The monoisotopic (exact) mass is 218 g/mol. The maximum absolute atomic E-state index is 10.9. The molecule has 0 bridgehead atoms. The molecule has 0 saturated heterocycles. The van der Waals surface area contributed by atoms with E-state index >= 15 is 0 Å². The molecular weight excluding hydrogens is 204 g/mol. The van der Waals surface area contributed by atoms with Gasteiger partial charge < -0.3 is 15.5 Å². The maximum Gasteiger partial charge on any atom is 0.166 e. The van der Waals surface area contributed by atoms with Crippen LogP contribution in [0.2, 0.25) is 0 Å². The molecule has 0 fully saturated rings. The van der Waals surface area contributed by atoms with Crippen LogP contribution in [0.25, 0.3) is 10.9 Å². The van der Waals surface area contributed by atoms with Crippen LogP contribution in [-0.4, -0.2) is 24.9 Å². The number of benzene rings is 1. The Morgan fingerprint density at radius 1 is 1.50 bits per heavy atom. The van der Waals surface area contributed by atoms with Crippen LogP contribution < -0.4 is 10.5 Å². The third kappa shape index (κ3) is 1.67. The van der Waals surface area contributed by atoms with Crippen molar-refractivity contribution < 1.29 is 9.53 Å². The van der Waals surface area contributed by atoms with Crippen molar-refractivity contribution in [2.75, 3.05) is 13.7 Å². The van der Waals surface area contributed by atoms with E-state index in [2.05, 4.69) is 4.98 Å². The molecule has 2 aromatic rings. The number of hydrogen-bond donors (Lipinski definition) is 2.